The van der Waals surface area contributed by atoms with Gasteiger partial charge in [0, 0.05) is 12.6 Å². The summed E-state index contributed by atoms with van der Waals surface area (Å²) >= 11 is 0. The Labute approximate surface area is 77.5 Å². The van der Waals surface area contributed by atoms with Crippen LogP contribution in [0.25, 0.3) is 0 Å². The summed E-state index contributed by atoms with van der Waals surface area (Å²) < 4.78 is 0. The molecule has 0 N–H and O–H groups in total. The van der Waals surface area contributed by atoms with E-state index in [2.05, 4.69) is 44.9 Å². The average Bonchev–Trinajstić information content (AvgIpc) is 1.96. The van der Waals surface area contributed by atoms with E-state index in [4.69, 9.17) is 0 Å². The predicted octanol–water partition coefficient (Wildman–Crippen LogP) is 1.67. The van der Waals surface area contributed by atoms with E-state index in [9.17, 15) is 0 Å². The van der Waals surface area contributed by atoms with E-state index in [1.807, 2.05) is 0 Å². The Bertz CT molecular complexity index is 100. The smallest absolute Gasteiger partial charge is 0.0216 e. The van der Waals surface area contributed by atoms with Gasteiger partial charge in [0.05, 0.1) is 0 Å². The van der Waals surface area contributed by atoms with E-state index >= 15 is 0 Å². The fourth-order valence-electron chi connectivity index (χ4n) is 1.37. The molecule has 2 nitrogen and oxygen atoms in total. The van der Waals surface area contributed by atoms with Crippen molar-refractivity contribution < 1.29 is 0 Å². The van der Waals surface area contributed by atoms with Crippen LogP contribution in [0.3, 0.4) is 0 Å². The van der Waals surface area contributed by atoms with E-state index in [0.717, 1.165) is 6.04 Å². The van der Waals surface area contributed by atoms with Gasteiger partial charge in [-0.2, -0.15) is 0 Å². The van der Waals surface area contributed by atoms with Crippen LogP contribution in [-0.4, -0.2) is 50.6 Å². The Hall–Kier alpha value is -0.0800. The van der Waals surface area contributed by atoms with E-state index in [1.165, 1.54) is 25.8 Å². The van der Waals surface area contributed by atoms with Crippen LogP contribution in [-0.2, 0) is 0 Å². The highest BCUT2D eigenvalue weighted by molar-refractivity contribution is 4.68. The maximum absolute atomic E-state index is 2.33. The molecular weight excluding hydrogens is 148 g/mol. The Morgan fingerprint density at radius 2 is 1.67 bits per heavy atom. The maximum Gasteiger partial charge on any atom is 0.0216 e. The lowest BCUT2D eigenvalue weighted by Gasteiger charge is -2.27. The Morgan fingerprint density at radius 3 is 2.00 bits per heavy atom. The molecule has 0 aliphatic heterocycles. The van der Waals surface area contributed by atoms with Gasteiger partial charge in [-0.3, -0.25) is 0 Å². The van der Waals surface area contributed by atoms with Gasteiger partial charge in [-0.15, -0.1) is 0 Å². The SMILES string of the molecule is CCCCC(CN(C)C)N(C)C. The molecule has 2 heteroatoms. The van der Waals surface area contributed by atoms with Crippen molar-refractivity contribution in [1.29, 1.82) is 0 Å². The molecular formula is C10H24N2. The zero-order valence-electron chi connectivity index (χ0n) is 9.30. The average molecular weight is 172 g/mol. The Morgan fingerprint density at radius 1 is 1.08 bits per heavy atom. The number of hydrogen-bond acceptors (Lipinski definition) is 2. The summed E-state index contributed by atoms with van der Waals surface area (Å²) in [6.45, 7) is 3.43. The molecule has 0 saturated carbocycles. The van der Waals surface area contributed by atoms with E-state index in [1.54, 1.807) is 0 Å². The first kappa shape index (κ1) is 11.9. The second-order valence-electron chi connectivity index (χ2n) is 4.02. The molecule has 1 atom stereocenters. The van der Waals surface area contributed by atoms with Crippen molar-refractivity contribution in [3.05, 3.63) is 0 Å². The summed E-state index contributed by atoms with van der Waals surface area (Å²) in [4.78, 5) is 4.59. The number of nitrogens with zero attached hydrogens (tertiary/aromatic N) is 2. The molecule has 0 aromatic rings. The van der Waals surface area contributed by atoms with Crippen molar-refractivity contribution in [2.24, 2.45) is 0 Å². The normalized spacial score (nSPS) is 14.2. The van der Waals surface area contributed by atoms with Crippen LogP contribution >= 0.6 is 0 Å². The van der Waals surface area contributed by atoms with Gasteiger partial charge < -0.3 is 9.80 Å². The molecule has 0 aromatic heterocycles. The van der Waals surface area contributed by atoms with Crippen LogP contribution < -0.4 is 0 Å². The van der Waals surface area contributed by atoms with Crippen molar-refractivity contribution >= 4 is 0 Å². The van der Waals surface area contributed by atoms with Gasteiger partial charge in [0.25, 0.3) is 0 Å². The molecule has 0 bridgehead atoms. The molecule has 0 radical (unpaired) electrons. The van der Waals surface area contributed by atoms with Crippen molar-refractivity contribution in [3.63, 3.8) is 0 Å². The molecule has 0 aromatic carbocycles. The van der Waals surface area contributed by atoms with Gasteiger partial charge in [-0.25, -0.2) is 0 Å². The standard InChI is InChI=1S/C10H24N2/c1-6-7-8-10(12(4)5)9-11(2)3/h10H,6-9H2,1-5H3. The summed E-state index contributed by atoms with van der Waals surface area (Å²) in [7, 11) is 8.62. The summed E-state index contributed by atoms with van der Waals surface area (Å²) in [6.07, 6.45) is 3.97. The summed E-state index contributed by atoms with van der Waals surface area (Å²) in [5.41, 5.74) is 0. The fourth-order valence-corrected chi connectivity index (χ4v) is 1.37. The van der Waals surface area contributed by atoms with Crippen molar-refractivity contribution in [3.8, 4) is 0 Å². The van der Waals surface area contributed by atoms with Gasteiger partial charge in [-0.05, 0) is 34.6 Å². The minimum atomic E-state index is 0.722. The molecule has 0 heterocycles. The highest BCUT2D eigenvalue weighted by Gasteiger charge is 2.10. The first-order valence-corrected chi connectivity index (χ1v) is 4.89. The lowest BCUT2D eigenvalue weighted by Crippen LogP contribution is -2.37. The van der Waals surface area contributed by atoms with E-state index in [0.29, 0.717) is 0 Å². The fraction of sp³-hybridized carbons (Fsp3) is 1.00. The molecule has 0 rings (SSSR count). The Balaban J connectivity index is 3.70. The van der Waals surface area contributed by atoms with Crippen molar-refractivity contribution in [2.75, 3.05) is 34.7 Å². The van der Waals surface area contributed by atoms with Gasteiger partial charge >= 0.3 is 0 Å². The second-order valence-corrected chi connectivity index (χ2v) is 4.02. The van der Waals surface area contributed by atoms with Crippen molar-refractivity contribution in [2.45, 2.75) is 32.2 Å². The summed E-state index contributed by atoms with van der Waals surface area (Å²) in [5.74, 6) is 0. The second kappa shape index (κ2) is 6.44. The molecule has 0 spiro atoms. The van der Waals surface area contributed by atoms with Gasteiger partial charge in [-0.1, -0.05) is 19.8 Å². The largest absolute Gasteiger partial charge is 0.308 e. The van der Waals surface area contributed by atoms with Crippen LogP contribution in [0.2, 0.25) is 0 Å². The van der Waals surface area contributed by atoms with Gasteiger partial charge in [0.15, 0.2) is 0 Å². The molecule has 0 saturated heterocycles. The number of likely N-dealkylation sites (N-methyl/N-ethyl adjacent to an activating group) is 2. The monoisotopic (exact) mass is 172 g/mol. The summed E-state index contributed by atoms with van der Waals surface area (Å²) in [6, 6.07) is 0.722. The lowest BCUT2D eigenvalue weighted by atomic mass is 10.1. The topological polar surface area (TPSA) is 6.48 Å². The summed E-state index contributed by atoms with van der Waals surface area (Å²) in [5, 5.41) is 0. The predicted molar refractivity (Wildman–Crippen MR) is 55.6 cm³/mol. The molecule has 0 fully saturated rings. The first-order valence-electron chi connectivity index (χ1n) is 4.89. The zero-order chi connectivity index (χ0) is 9.56. The first-order chi connectivity index (χ1) is 5.57. The third-order valence-electron chi connectivity index (χ3n) is 2.20. The van der Waals surface area contributed by atoms with Crippen LogP contribution in [0.4, 0.5) is 0 Å². The quantitative estimate of drug-likeness (QED) is 0.601. The maximum atomic E-state index is 2.33. The highest BCUT2D eigenvalue weighted by atomic mass is 15.2. The van der Waals surface area contributed by atoms with Crippen LogP contribution in [0.5, 0.6) is 0 Å². The Kier molecular flexibility index (Phi) is 6.39. The van der Waals surface area contributed by atoms with Gasteiger partial charge in [0.2, 0.25) is 0 Å². The van der Waals surface area contributed by atoms with E-state index in [-0.39, 0.29) is 0 Å². The number of unbranched alkanes of at least 4 members (excludes halogenated alkanes) is 1. The molecule has 0 aliphatic carbocycles. The van der Waals surface area contributed by atoms with Crippen LogP contribution in [0.15, 0.2) is 0 Å². The highest BCUT2D eigenvalue weighted by Crippen LogP contribution is 2.06. The lowest BCUT2D eigenvalue weighted by molar-refractivity contribution is 0.214. The molecule has 0 aliphatic rings. The zero-order valence-corrected chi connectivity index (χ0v) is 9.30. The van der Waals surface area contributed by atoms with Gasteiger partial charge in [0.1, 0.15) is 0 Å². The minimum Gasteiger partial charge on any atom is -0.308 e. The van der Waals surface area contributed by atoms with Crippen molar-refractivity contribution in [1.82, 2.24) is 9.80 Å². The molecule has 0 amide bonds. The number of hydrogen-bond donors (Lipinski definition) is 0. The van der Waals surface area contributed by atoms with Crippen LogP contribution in [0.1, 0.15) is 26.2 Å². The minimum absolute atomic E-state index is 0.722. The molecule has 74 valence electrons. The third kappa shape index (κ3) is 5.56. The van der Waals surface area contributed by atoms with E-state index < -0.39 is 0 Å². The number of rotatable bonds is 6. The molecule has 1 unspecified atom stereocenters. The third-order valence-corrected chi connectivity index (χ3v) is 2.20. The van der Waals surface area contributed by atoms with Crippen LogP contribution in [0, 0.1) is 0 Å². The molecule has 12 heavy (non-hydrogen) atoms.